The van der Waals surface area contributed by atoms with E-state index in [0.717, 1.165) is 25.1 Å². The summed E-state index contributed by atoms with van der Waals surface area (Å²) in [4.78, 5) is 26.4. The lowest BCUT2D eigenvalue weighted by atomic mass is 9.92. The van der Waals surface area contributed by atoms with Crippen LogP contribution in [0.2, 0.25) is 5.02 Å². The SMILES string of the molecule is CN1C(=O)CC(C(=O)NCCC2CCNC2)C1c1cccc(Cl)c1. The van der Waals surface area contributed by atoms with Gasteiger partial charge in [0.15, 0.2) is 0 Å². The molecule has 2 saturated heterocycles. The van der Waals surface area contributed by atoms with E-state index in [1.165, 1.54) is 6.42 Å². The molecule has 0 spiro atoms. The van der Waals surface area contributed by atoms with Crippen LogP contribution in [-0.4, -0.2) is 43.4 Å². The molecule has 2 aliphatic rings. The first-order valence-corrected chi connectivity index (χ1v) is 8.93. The number of benzene rings is 1. The average Bonchev–Trinajstić information content (AvgIpc) is 3.16. The molecule has 2 N–H and O–H groups in total. The number of hydrogen-bond donors (Lipinski definition) is 2. The Hall–Kier alpha value is -1.59. The molecule has 0 aromatic heterocycles. The minimum atomic E-state index is -0.359. The summed E-state index contributed by atoms with van der Waals surface area (Å²) in [6.45, 7) is 2.77. The second-order valence-electron chi connectivity index (χ2n) is 6.75. The average molecular weight is 350 g/mol. The van der Waals surface area contributed by atoms with Gasteiger partial charge in [-0.05, 0) is 49.5 Å². The molecular weight excluding hydrogens is 326 g/mol. The Balaban J connectivity index is 1.65. The summed E-state index contributed by atoms with van der Waals surface area (Å²) in [5.41, 5.74) is 0.913. The Morgan fingerprint density at radius 2 is 2.29 bits per heavy atom. The summed E-state index contributed by atoms with van der Waals surface area (Å²) in [7, 11) is 1.76. The summed E-state index contributed by atoms with van der Waals surface area (Å²) in [6, 6.07) is 7.18. The number of rotatable bonds is 5. The second kappa shape index (κ2) is 7.53. The molecule has 3 unspecified atom stereocenters. The van der Waals surface area contributed by atoms with Crippen molar-refractivity contribution in [2.45, 2.75) is 25.3 Å². The zero-order valence-electron chi connectivity index (χ0n) is 13.9. The van der Waals surface area contributed by atoms with Crippen LogP contribution in [0, 0.1) is 11.8 Å². The van der Waals surface area contributed by atoms with Crippen LogP contribution in [-0.2, 0) is 9.59 Å². The third-order valence-electron chi connectivity index (χ3n) is 5.13. The van der Waals surface area contributed by atoms with Gasteiger partial charge in [-0.3, -0.25) is 9.59 Å². The Bertz CT molecular complexity index is 616. The van der Waals surface area contributed by atoms with Crippen LogP contribution in [0.15, 0.2) is 24.3 Å². The van der Waals surface area contributed by atoms with Crippen molar-refractivity contribution in [1.82, 2.24) is 15.5 Å². The topological polar surface area (TPSA) is 61.4 Å². The summed E-state index contributed by atoms with van der Waals surface area (Å²) < 4.78 is 0. The summed E-state index contributed by atoms with van der Waals surface area (Å²) in [6.07, 6.45) is 2.41. The third kappa shape index (κ3) is 3.73. The highest BCUT2D eigenvalue weighted by atomic mass is 35.5. The molecule has 1 aromatic carbocycles. The summed E-state index contributed by atoms with van der Waals surface area (Å²) in [5.74, 6) is 0.244. The highest BCUT2D eigenvalue weighted by Crippen LogP contribution is 2.37. The molecule has 6 heteroatoms. The number of likely N-dealkylation sites (tertiary alicyclic amines) is 1. The first kappa shape index (κ1) is 17.2. The fourth-order valence-electron chi connectivity index (χ4n) is 3.74. The van der Waals surface area contributed by atoms with Crippen molar-refractivity contribution < 1.29 is 9.59 Å². The van der Waals surface area contributed by atoms with E-state index in [1.54, 1.807) is 18.0 Å². The van der Waals surface area contributed by atoms with Crippen LogP contribution in [0.3, 0.4) is 0 Å². The van der Waals surface area contributed by atoms with E-state index in [1.807, 2.05) is 18.2 Å². The molecule has 3 atom stereocenters. The van der Waals surface area contributed by atoms with Crippen LogP contribution in [0.25, 0.3) is 0 Å². The Kier molecular flexibility index (Phi) is 5.41. The maximum atomic E-state index is 12.6. The summed E-state index contributed by atoms with van der Waals surface area (Å²) >= 11 is 6.08. The van der Waals surface area contributed by atoms with Gasteiger partial charge >= 0.3 is 0 Å². The number of nitrogens with one attached hydrogen (secondary N) is 2. The van der Waals surface area contributed by atoms with Gasteiger partial charge < -0.3 is 15.5 Å². The molecule has 2 aliphatic heterocycles. The van der Waals surface area contributed by atoms with E-state index in [2.05, 4.69) is 10.6 Å². The number of halogens is 1. The van der Waals surface area contributed by atoms with Crippen LogP contribution in [0.1, 0.15) is 30.9 Å². The van der Waals surface area contributed by atoms with Gasteiger partial charge in [-0.25, -0.2) is 0 Å². The third-order valence-corrected chi connectivity index (χ3v) is 5.36. The van der Waals surface area contributed by atoms with E-state index in [-0.39, 0.29) is 30.2 Å². The van der Waals surface area contributed by atoms with Gasteiger partial charge in [0.1, 0.15) is 0 Å². The number of amides is 2. The molecule has 0 bridgehead atoms. The molecule has 2 fully saturated rings. The monoisotopic (exact) mass is 349 g/mol. The van der Waals surface area contributed by atoms with Crippen LogP contribution in [0.4, 0.5) is 0 Å². The van der Waals surface area contributed by atoms with Gasteiger partial charge in [0, 0.05) is 25.0 Å². The standard InChI is InChI=1S/C18H24ClN3O2/c1-22-16(23)10-15(17(22)13-3-2-4-14(19)9-13)18(24)21-8-6-12-5-7-20-11-12/h2-4,9,12,15,17,20H,5-8,10-11H2,1H3,(H,21,24). The van der Waals surface area contributed by atoms with Gasteiger partial charge in [0.05, 0.1) is 12.0 Å². The number of carbonyl (C=O) groups is 2. The van der Waals surface area contributed by atoms with E-state index in [0.29, 0.717) is 17.5 Å². The first-order chi connectivity index (χ1) is 11.6. The van der Waals surface area contributed by atoms with Crippen molar-refractivity contribution in [2.75, 3.05) is 26.7 Å². The maximum Gasteiger partial charge on any atom is 0.226 e. The Morgan fingerprint density at radius 3 is 3.00 bits per heavy atom. The van der Waals surface area contributed by atoms with E-state index in [9.17, 15) is 9.59 Å². The number of carbonyl (C=O) groups excluding carboxylic acids is 2. The van der Waals surface area contributed by atoms with Gasteiger partial charge in [-0.15, -0.1) is 0 Å². The van der Waals surface area contributed by atoms with Gasteiger partial charge in [0.25, 0.3) is 0 Å². The zero-order chi connectivity index (χ0) is 17.1. The van der Waals surface area contributed by atoms with Crippen molar-refractivity contribution >= 4 is 23.4 Å². The molecular formula is C18H24ClN3O2. The molecule has 1 aromatic rings. The minimum absolute atomic E-state index is 0.000110. The fourth-order valence-corrected chi connectivity index (χ4v) is 3.94. The summed E-state index contributed by atoms with van der Waals surface area (Å²) in [5, 5.41) is 6.98. The van der Waals surface area contributed by atoms with Crippen LogP contribution in [0.5, 0.6) is 0 Å². The number of hydrogen-bond acceptors (Lipinski definition) is 3. The molecule has 3 rings (SSSR count). The quantitative estimate of drug-likeness (QED) is 0.854. The predicted molar refractivity (Wildman–Crippen MR) is 93.7 cm³/mol. The minimum Gasteiger partial charge on any atom is -0.356 e. The molecule has 2 heterocycles. The molecule has 5 nitrogen and oxygen atoms in total. The number of nitrogens with zero attached hydrogens (tertiary/aromatic N) is 1. The van der Waals surface area contributed by atoms with Crippen molar-refractivity contribution in [1.29, 1.82) is 0 Å². The largest absolute Gasteiger partial charge is 0.356 e. The molecule has 0 aliphatic carbocycles. The predicted octanol–water partition coefficient (Wildman–Crippen LogP) is 1.98. The van der Waals surface area contributed by atoms with Gasteiger partial charge in [0.2, 0.25) is 11.8 Å². The highest BCUT2D eigenvalue weighted by Gasteiger charge is 2.42. The molecule has 130 valence electrons. The van der Waals surface area contributed by atoms with Gasteiger partial charge in [-0.1, -0.05) is 23.7 Å². The van der Waals surface area contributed by atoms with E-state index < -0.39 is 0 Å². The van der Waals surface area contributed by atoms with E-state index >= 15 is 0 Å². The smallest absolute Gasteiger partial charge is 0.226 e. The second-order valence-corrected chi connectivity index (χ2v) is 7.19. The van der Waals surface area contributed by atoms with Crippen molar-refractivity contribution in [3.8, 4) is 0 Å². The molecule has 2 amide bonds. The van der Waals surface area contributed by atoms with Crippen LogP contribution >= 0.6 is 11.6 Å². The lowest BCUT2D eigenvalue weighted by Gasteiger charge is -2.25. The fraction of sp³-hybridized carbons (Fsp3) is 0.556. The lowest BCUT2D eigenvalue weighted by Crippen LogP contribution is -2.35. The lowest BCUT2D eigenvalue weighted by molar-refractivity contribution is -0.128. The first-order valence-electron chi connectivity index (χ1n) is 8.56. The van der Waals surface area contributed by atoms with Crippen molar-refractivity contribution in [2.24, 2.45) is 11.8 Å². The van der Waals surface area contributed by atoms with Crippen molar-refractivity contribution in [3.63, 3.8) is 0 Å². The maximum absolute atomic E-state index is 12.6. The van der Waals surface area contributed by atoms with Crippen LogP contribution < -0.4 is 10.6 Å². The highest BCUT2D eigenvalue weighted by molar-refractivity contribution is 6.30. The molecule has 0 saturated carbocycles. The van der Waals surface area contributed by atoms with E-state index in [4.69, 9.17) is 11.6 Å². The Labute approximate surface area is 147 Å². The zero-order valence-corrected chi connectivity index (χ0v) is 14.7. The van der Waals surface area contributed by atoms with Crippen molar-refractivity contribution in [3.05, 3.63) is 34.9 Å². The Morgan fingerprint density at radius 1 is 1.46 bits per heavy atom. The van der Waals surface area contributed by atoms with Gasteiger partial charge in [-0.2, -0.15) is 0 Å². The normalized spacial score (nSPS) is 26.8. The molecule has 0 radical (unpaired) electrons. The molecule has 24 heavy (non-hydrogen) atoms.